The van der Waals surface area contributed by atoms with E-state index in [0.29, 0.717) is 0 Å². The van der Waals surface area contributed by atoms with Crippen LogP contribution in [0.25, 0.3) is 0 Å². The van der Waals surface area contributed by atoms with Gasteiger partial charge < -0.3 is 9.84 Å². The van der Waals surface area contributed by atoms with Crippen LogP contribution in [0.1, 0.15) is 39.7 Å². The predicted molar refractivity (Wildman–Crippen MR) is 75.5 cm³/mol. The van der Waals surface area contributed by atoms with Gasteiger partial charge in [0.1, 0.15) is 17.2 Å². The average molecular weight is 300 g/mol. The number of aliphatic hydroxyl groups is 1. The van der Waals surface area contributed by atoms with Gasteiger partial charge in [-0.1, -0.05) is 20.8 Å². The lowest BCUT2D eigenvalue weighted by molar-refractivity contribution is -0.165. The molecule has 1 rings (SSSR count). The normalized spacial score (nSPS) is 15.6. The Morgan fingerprint density at radius 2 is 1.95 bits per heavy atom. The highest BCUT2D eigenvalue weighted by Crippen LogP contribution is 2.35. The quantitative estimate of drug-likeness (QED) is 0.819. The third-order valence-electron chi connectivity index (χ3n) is 3.35. The highest BCUT2D eigenvalue weighted by atomic mass is 19.1. The molecule has 0 amide bonds. The largest absolute Gasteiger partial charge is 0.454 e. The molecule has 2 atom stereocenters. The number of esters is 1. The van der Waals surface area contributed by atoms with E-state index in [9.17, 15) is 18.7 Å². The average Bonchev–Trinajstić information content (AvgIpc) is 2.37. The fourth-order valence-electron chi connectivity index (χ4n) is 2.19. The first-order chi connectivity index (χ1) is 9.69. The van der Waals surface area contributed by atoms with Crippen LogP contribution in [0, 0.1) is 23.5 Å². The molecule has 21 heavy (non-hydrogen) atoms. The molecule has 5 heteroatoms. The van der Waals surface area contributed by atoms with Crippen LogP contribution in [-0.4, -0.2) is 17.7 Å². The first-order valence-electron chi connectivity index (χ1n) is 6.99. The van der Waals surface area contributed by atoms with Gasteiger partial charge in [-0.2, -0.15) is 0 Å². The fraction of sp³-hybridized carbons (Fsp3) is 0.562. The summed E-state index contributed by atoms with van der Waals surface area (Å²) in [4.78, 5) is 11.9. The molecule has 118 valence electrons. The summed E-state index contributed by atoms with van der Waals surface area (Å²) in [7, 11) is 0. The van der Waals surface area contributed by atoms with E-state index in [2.05, 4.69) is 0 Å². The first kappa shape index (κ1) is 17.6. The maximum Gasteiger partial charge on any atom is 0.309 e. The van der Waals surface area contributed by atoms with Crippen molar-refractivity contribution in [2.24, 2.45) is 11.8 Å². The van der Waals surface area contributed by atoms with E-state index in [1.165, 1.54) is 6.07 Å². The van der Waals surface area contributed by atoms with Crippen molar-refractivity contribution in [3.8, 4) is 0 Å². The van der Waals surface area contributed by atoms with Gasteiger partial charge in [0.25, 0.3) is 0 Å². The molecule has 1 aromatic carbocycles. The molecular formula is C16H22F2O3. The molecule has 0 aliphatic rings. The number of hydrogen-bond donors (Lipinski definition) is 1. The van der Waals surface area contributed by atoms with Gasteiger partial charge in [0, 0.05) is 18.2 Å². The molecule has 0 heterocycles. The first-order valence-corrected chi connectivity index (χ1v) is 6.99. The van der Waals surface area contributed by atoms with Crippen LogP contribution in [0.5, 0.6) is 0 Å². The lowest BCUT2D eigenvalue weighted by atomic mass is 9.86. The van der Waals surface area contributed by atoms with Crippen LogP contribution in [0.2, 0.25) is 0 Å². The van der Waals surface area contributed by atoms with Crippen molar-refractivity contribution in [3.05, 3.63) is 35.4 Å². The van der Waals surface area contributed by atoms with Crippen LogP contribution < -0.4 is 0 Å². The summed E-state index contributed by atoms with van der Waals surface area (Å²) in [5.74, 6) is -2.48. The summed E-state index contributed by atoms with van der Waals surface area (Å²) in [6.45, 7) is 6.59. The van der Waals surface area contributed by atoms with Crippen molar-refractivity contribution in [2.45, 2.75) is 39.7 Å². The lowest BCUT2D eigenvalue weighted by Crippen LogP contribution is -2.34. The second-order valence-corrected chi connectivity index (χ2v) is 5.92. The molecule has 1 aromatic rings. The smallest absolute Gasteiger partial charge is 0.309 e. The number of rotatable bonds is 6. The molecule has 3 nitrogen and oxygen atoms in total. The van der Waals surface area contributed by atoms with Crippen molar-refractivity contribution in [1.29, 1.82) is 0 Å². The predicted octanol–water partition coefficient (Wildman–Crippen LogP) is 3.40. The van der Waals surface area contributed by atoms with E-state index in [-0.39, 0.29) is 30.4 Å². The van der Waals surface area contributed by atoms with E-state index >= 15 is 0 Å². The topological polar surface area (TPSA) is 46.5 Å². The third kappa shape index (κ3) is 4.49. The summed E-state index contributed by atoms with van der Waals surface area (Å²) in [5.41, 5.74) is -1.14. The Hall–Kier alpha value is -1.49. The Labute approximate surface area is 123 Å². The minimum absolute atomic E-state index is 0.109. The van der Waals surface area contributed by atoms with Gasteiger partial charge in [-0.3, -0.25) is 4.79 Å². The van der Waals surface area contributed by atoms with Crippen molar-refractivity contribution >= 4 is 5.97 Å². The van der Waals surface area contributed by atoms with E-state index in [0.717, 1.165) is 12.1 Å². The van der Waals surface area contributed by atoms with E-state index in [4.69, 9.17) is 4.74 Å². The monoisotopic (exact) mass is 300 g/mol. The number of hydrogen-bond acceptors (Lipinski definition) is 3. The van der Waals surface area contributed by atoms with Gasteiger partial charge in [0.15, 0.2) is 0 Å². The highest BCUT2D eigenvalue weighted by Gasteiger charge is 2.36. The van der Waals surface area contributed by atoms with Crippen LogP contribution in [-0.2, 0) is 15.1 Å². The van der Waals surface area contributed by atoms with Crippen molar-refractivity contribution < 1.29 is 23.4 Å². The fourth-order valence-corrected chi connectivity index (χ4v) is 2.19. The maximum absolute atomic E-state index is 14.1. The Kier molecular flexibility index (Phi) is 5.84. The zero-order chi connectivity index (χ0) is 16.2. The van der Waals surface area contributed by atoms with Crippen LogP contribution >= 0.6 is 0 Å². The Bertz CT molecular complexity index is 502. The number of ether oxygens (including phenoxy) is 1. The van der Waals surface area contributed by atoms with Gasteiger partial charge >= 0.3 is 5.97 Å². The number of benzene rings is 1. The van der Waals surface area contributed by atoms with E-state index < -0.39 is 23.2 Å². The van der Waals surface area contributed by atoms with Crippen molar-refractivity contribution in [2.75, 3.05) is 6.61 Å². The SMILES string of the molecule is CC(C)C(=O)O[C@](C)(C[C@H](C)CO)c1ccc(F)cc1F. The third-order valence-corrected chi connectivity index (χ3v) is 3.35. The molecular weight excluding hydrogens is 278 g/mol. The molecule has 1 N–H and O–H groups in total. The minimum atomic E-state index is -1.25. The van der Waals surface area contributed by atoms with E-state index in [1.807, 2.05) is 0 Å². The zero-order valence-corrected chi connectivity index (χ0v) is 12.8. The number of halogens is 2. The van der Waals surface area contributed by atoms with Crippen LogP contribution in [0.15, 0.2) is 18.2 Å². The summed E-state index contributed by atoms with van der Waals surface area (Å²) in [6, 6.07) is 3.17. The lowest BCUT2D eigenvalue weighted by Gasteiger charge is -2.33. The molecule has 0 radical (unpaired) electrons. The molecule has 0 aliphatic carbocycles. The van der Waals surface area contributed by atoms with Gasteiger partial charge in [-0.15, -0.1) is 0 Å². The van der Waals surface area contributed by atoms with Gasteiger partial charge in [0.2, 0.25) is 0 Å². The van der Waals surface area contributed by atoms with Gasteiger partial charge in [-0.05, 0) is 31.4 Å². The zero-order valence-electron chi connectivity index (χ0n) is 12.8. The second kappa shape index (κ2) is 6.98. The number of aliphatic hydroxyl groups excluding tert-OH is 1. The Morgan fingerprint density at radius 1 is 1.33 bits per heavy atom. The van der Waals surface area contributed by atoms with Gasteiger partial charge in [-0.25, -0.2) is 8.78 Å². The molecule has 0 aliphatic heterocycles. The van der Waals surface area contributed by atoms with E-state index in [1.54, 1.807) is 27.7 Å². The molecule has 0 fully saturated rings. The molecule has 0 saturated carbocycles. The summed E-state index contributed by atoms with van der Waals surface area (Å²) < 4.78 is 32.6. The maximum atomic E-state index is 14.1. The molecule has 0 bridgehead atoms. The molecule has 0 aromatic heterocycles. The molecule has 0 spiro atoms. The standard InChI is InChI=1S/C16H22F2O3/c1-10(2)15(20)21-16(4,8-11(3)9-19)13-6-5-12(17)7-14(13)18/h5-7,10-11,19H,8-9H2,1-4H3/t11-,16+/m0/s1. The minimum Gasteiger partial charge on any atom is -0.454 e. The number of carbonyl (C=O) groups excluding carboxylic acids is 1. The number of carbonyl (C=O) groups is 1. The van der Waals surface area contributed by atoms with Crippen LogP contribution in [0.3, 0.4) is 0 Å². The van der Waals surface area contributed by atoms with Gasteiger partial charge in [0.05, 0.1) is 5.92 Å². The highest BCUT2D eigenvalue weighted by molar-refractivity contribution is 5.72. The van der Waals surface area contributed by atoms with Crippen molar-refractivity contribution in [3.63, 3.8) is 0 Å². The second-order valence-electron chi connectivity index (χ2n) is 5.92. The Balaban J connectivity index is 3.19. The Morgan fingerprint density at radius 3 is 2.43 bits per heavy atom. The van der Waals surface area contributed by atoms with Crippen molar-refractivity contribution in [1.82, 2.24) is 0 Å². The summed E-state index contributed by atoms with van der Waals surface area (Å²) in [5, 5.41) is 9.21. The van der Waals surface area contributed by atoms with Crippen LogP contribution in [0.4, 0.5) is 8.78 Å². The molecule has 0 saturated heterocycles. The summed E-state index contributed by atoms with van der Waals surface area (Å²) in [6.07, 6.45) is 0.241. The molecule has 0 unspecified atom stereocenters. The summed E-state index contributed by atoms with van der Waals surface area (Å²) >= 11 is 0.